The van der Waals surface area contributed by atoms with Crippen molar-refractivity contribution in [2.75, 3.05) is 0 Å². The Kier molecular flexibility index (Phi) is 3.22. The Balaban J connectivity index is 2.47. The third kappa shape index (κ3) is 2.08. The minimum Gasteiger partial charge on any atom is -0.336 e. The SMILES string of the molecule is CC(C)n1ncc(Cl)c1C(N)c1cncn1C. The summed E-state index contributed by atoms with van der Waals surface area (Å²) in [5.41, 5.74) is 7.98. The lowest BCUT2D eigenvalue weighted by atomic mass is 10.1. The average molecular weight is 254 g/mol. The maximum Gasteiger partial charge on any atom is 0.0946 e. The van der Waals surface area contributed by atoms with Gasteiger partial charge in [0.15, 0.2) is 0 Å². The van der Waals surface area contributed by atoms with Crippen molar-refractivity contribution >= 4 is 11.6 Å². The molecule has 0 saturated heterocycles. The van der Waals surface area contributed by atoms with Crippen LogP contribution in [0.5, 0.6) is 0 Å². The first-order chi connectivity index (χ1) is 8.02. The van der Waals surface area contributed by atoms with Crippen molar-refractivity contribution in [3.63, 3.8) is 0 Å². The molecule has 2 aromatic rings. The van der Waals surface area contributed by atoms with E-state index >= 15 is 0 Å². The van der Waals surface area contributed by atoms with Crippen molar-refractivity contribution in [2.24, 2.45) is 12.8 Å². The van der Waals surface area contributed by atoms with E-state index in [0.717, 1.165) is 11.4 Å². The van der Waals surface area contributed by atoms with E-state index in [1.54, 1.807) is 18.7 Å². The Morgan fingerprint density at radius 3 is 2.59 bits per heavy atom. The maximum atomic E-state index is 6.24. The van der Waals surface area contributed by atoms with E-state index in [2.05, 4.69) is 10.1 Å². The monoisotopic (exact) mass is 253 g/mol. The highest BCUT2D eigenvalue weighted by Crippen LogP contribution is 2.27. The normalized spacial score (nSPS) is 13.3. The molecule has 0 saturated carbocycles. The van der Waals surface area contributed by atoms with E-state index in [4.69, 9.17) is 17.3 Å². The molecule has 2 rings (SSSR count). The average Bonchev–Trinajstić information content (AvgIpc) is 2.83. The number of nitrogens with zero attached hydrogens (tertiary/aromatic N) is 4. The molecule has 0 aromatic carbocycles. The Morgan fingerprint density at radius 1 is 1.35 bits per heavy atom. The Bertz CT molecular complexity index is 514. The quantitative estimate of drug-likeness (QED) is 0.909. The Morgan fingerprint density at radius 2 is 2.06 bits per heavy atom. The fraction of sp³-hybridized carbons (Fsp3) is 0.455. The molecule has 0 amide bonds. The van der Waals surface area contributed by atoms with Crippen LogP contribution < -0.4 is 5.73 Å². The van der Waals surface area contributed by atoms with Crippen molar-refractivity contribution < 1.29 is 0 Å². The van der Waals surface area contributed by atoms with Crippen LogP contribution in [0.25, 0.3) is 0 Å². The van der Waals surface area contributed by atoms with Crippen LogP contribution in [0.1, 0.15) is 37.3 Å². The highest BCUT2D eigenvalue weighted by molar-refractivity contribution is 6.31. The number of halogens is 1. The van der Waals surface area contributed by atoms with Crippen LogP contribution in [-0.4, -0.2) is 19.3 Å². The van der Waals surface area contributed by atoms with Crippen molar-refractivity contribution in [2.45, 2.75) is 25.9 Å². The summed E-state index contributed by atoms with van der Waals surface area (Å²) in [5.74, 6) is 0. The highest BCUT2D eigenvalue weighted by Gasteiger charge is 2.21. The van der Waals surface area contributed by atoms with Gasteiger partial charge in [-0.25, -0.2) is 4.98 Å². The summed E-state index contributed by atoms with van der Waals surface area (Å²) in [4.78, 5) is 4.07. The molecular formula is C11H16ClN5. The second kappa shape index (κ2) is 4.50. The van der Waals surface area contributed by atoms with Gasteiger partial charge in [-0.1, -0.05) is 11.6 Å². The first kappa shape index (κ1) is 12.1. The van der Waals surface area contributed by atoms with E-state index in [0.29, 0.717) is 5.02 Å². The lowest BCUT2D eigenvalue weighted by Gasteiger charge is -2.17. The van der Waals surface area contributed by atoms with Crippen LogP contribution in [0.2, 0.25) is 5.02 Å². The molecule has 92 valence electrons. The summed E-state index contributed by atoms with van der Waals surface area (Å²) in [7, 11) is 1.91. The lowest BCUT2D eigenvalue weighted by molar-refractivity contribution is 0.495. The zero-order valence-electron chi connectivity index (χ0n) is 10.1. The predicted octanol–water partition coefficient (Wildman–Crippen LogP) is 1.90. The van der Waals surface area contributed by atoms with Crippen LogP contribution in [0.15, 0.2) is 18.7 Å². The fourth-order valence-corrected chi connectivity index (χ4v) is 2.11. The summed E-state index contributed by atoms with van der Waals surface area (Å²) in [6, 6.07) is -0.100. The molecule has 2 aromatic heterocycles. The van der Waals surface area contributed by atoms with Gasteiger partial charge in [-0.2, -0.15) is 5.10 Å². The molecule has 0 aliphatic carbocycles. The van der Waals surface area contributed by atoms with Crippen LogP contribution in [-0.2, 0) is 7.05 Å². The second-order valence-electron chi connectivity index (χ2n) is 4.32. The number of imidazole rings is 1. The van der Waals surface area contributed by atoms with Gasteiger partial charge < -0.3 is 10.3 Å². The van der Waals surface area contributed by atoms with E-state index in [1.807, 2.05) is 30.1 Å². The molecule has 5 nitrogen and oxygen atoms in total. The van der Waals surface area contributed by atoms with Crippen molar-refractivity contribution in [1.82, 2.24) is 19.3 Å². The summed E-state index contributed by atoms with van der Waals surface area (Å²) in [6.45, 7) is 4.09. The molecule has 0 fully saturated rings. The first-order valence-corrected chi connectivity index (χ1v) is 5.85. The standard InChI is InChI=1S/C11H16ClN5/c1-7(2)17-11(8(12)4-15-17)10(13)9-5-14-6-16(9)3/h4-7,10H,13H2,1-3H3. The summed E-state index contributed by atoms with van der Waals surface area (Å²) < 4.78 is 3.73. The topological polar surface area (TPSA) is 61.7 Å². The molecule has 1 atom stereocenters. The predicted molar refractivity (Wildman–Crippen MR) is 66.9 cm³/mol. The van der Waals surface area contributed by atoms with Crippen molar-refractivity contribution in [1.29, 1.82) is 0 Å². The molecule has 0 aliphatic heterocycles. The molecule has 17 heavy (non-hydrogen) atoms. The smallest absolute Gasteiger partial charge is 0.0946 e. The summed E-state index contributed by atoms with van der Waals surface area (Å²) in [6.07, 6.45) is 5.10. The van der Waals surface area contributed by atoms with E-state index in [1.165, 1.54) is 0 Å². The van der Waals surface area contributed by atoms with E-state index < -0.39 is 0 Å². The molecule has 2 heterocycles. The number of aromatic nitrogens is 4. The van der Waals surface area contributed by atoms with Crippen LogP contribution in [0.4, 0.5) is 0 Å². The van der Waals surface area contributed by atoms with Gasteiger partial charge in [-0.3, -0.25) is 4.68 Å². The summed E-state index contributed by atoms with van der Waals surface area (Å²) in [5, 5.41) is 4.84. The minimum absolute atomic E-state index is 0.219. The molecule has 0 bridgehead atoms. The first-order valence-electron chi connectivity index (χ1n) is 5.47. The Hall–Kier alpha value is -1.33. The third-order valence-corrected chi connectivity index (χ3v) is 3.03. The van der Waals surface area contributed by atoms with Crippen molar-refractivity contribution in [3.05, 3.63) is 35.1 Å². The molecular weight excluding hydrogens is 238 g/mol. The summed E-state index contributed by atoms with van der Waals surface area (Å²) >= 11 is 6.16. The molecule has 6 heteroatoms. The number of aryl methyl sites for hydroxylation is 1. The zero-order valence-corrected chi connectivity index (χ0v) is 10.9. The molecule has 1 unspecified atom stereocenters. The fourth-order valence-electron chi connectivity index (χ4n) is 1.86. The van der Waals surface area contributed by atoms with Crippen molar-refractivity contribution in [3.8, 4) is 0 Å². The number of hydrogen-bond donors (Lipinski definition) is 1. The van der Waals surface area contributed by atoms with E-state index in [9.17, 15) is 0 Å². The number of hydrogen-bond acceptors (Lipinski definition) is 3. The largest absolute Gasteiger partial charge is 0.336 e. The van der Waals surface area contributed by atoms with E-state index in [-0.39, 0.29) is 12.1 Å². The second-order valence-corrected chi connectivity index (χ2v) is 4.73. The number of rotatable bonds is 3. The van der Waals surface area contributed by atoms with Gasteiger partial charge in [0.25, 0.3) is 0 Å². The van der Waals surface area contributed by atoms with Gasteiger partial charge in [0.2, 0.25) is 0 Å². The van der Waals surface area contributed by atoms with Gasteiger partial charge in [0, 0.05) is 13.1 Å². The molecule has 2 N–H and O–H groups in total. The van der Waals surface area contributed by atoms with Crippen LogP contribution in [0.3, 0.4) is 0 Å². The molecule has 0 spiro atoms. The maximum absolute atomic E-state index is 6.24. The lowest BCUT2D eigenvalue weighted by Crippen LogP contribution is -2.21. The Labute approximate surface area is 105 Å². The van der Waals surface area contributed by atoms with Gasteiger partial charge >= 0.3 is 0 Å². The van der Waals surface area contributed by atoms with Gasteiger partial charge in [0.1, 0.15) is 0 Å². The van der Waals surface area contributed by atoms with Crippen LogP contribution >= 0.6 is 11.6 Å². The number of nitrogens with two attached hydrogens (primary N) is 1. The van der Waals surface area contributed by atoms with Gasteiger partial charge in [-0.05, 0) is 13.8 Å². The zero-order chi connectivity index (χ0) is 12.6. The highest BCUT2D eigenvalue weighted by atomic mass is 35.5. The van der Waals surface area contributed by atoms with Gasteiger partial charge in [-0.15, -0.1) is 0 Å². The van der Waals surface area contributed by atoms with Gasteiger partial charge in [0.05, 0.1) is 41.2 Å². The van der Waals surface area contributed by atoms with Crippen LogP contribution in [0, 0.1) is 0 Å². The third-order valence-electron chi connectivity index (χ3n) is 2.74. The minimum atomic E-state index is -0.320. The molecule has 0 radical (unpaired) electrons. The molecule has 0 aliphatic rings.